The molecule has 4 rings (SSSR count). The van der Waals surface area contributed by atoms with Crippen LogP contribution >= 0.6 is 0 Å². The van der Waals surface area contributed by atoms with Crippen molar-refractivity contribution in [1.82, 2.24) is 24.7 Å². The third-order valence-electron chi connectivity index (χ3n) is 4.07. The molecule has 8 heteroatoms. The number of hydrogen-bond acceptors (Lipinski definition) is 4. The number of aromatic nitrogens is 5. The summed E-state index contributed by atoms with van der Waals surface area (Å²) < 4.78 is 1.72. The topological polar surface area (TPSA) is 108 Å². The lowest BCUT2D eigenvalue weighted by atomic mass is 10.0. The normalized spacial score (nSPS) is 11.3. The summed E-state index contributed by atoms with van der Waals surface area (Å²) >= 11 is 0. The van der Waals surface area contributed by atoms with Gasteiger partial charge >= 0.3 is 5.69 Å². The number of carbonyl (C=O) groups is 1. The number of aromatic amines is 2. The summed E-state index contributed by atoms with van der Waals surface area (Å²) in [5.74, 6) is -0.284. The molecule has 27 heavy (non-hydrogen) atoms. The maximum Gasteiger partial charge on any atom is 0.323 e. The molecule has 0 fully saturated rings. The maximum absolute atomic E-state index is 12.3. The second-order valence-corrected chi connectivity index (χ2v) is 6.03. The molecular formula is C19H16N6O2. The zero-order chi connectivity index (χ0) is 18.8. The molecule has 0 radical (unpaired) electrons. The largest absolute Gasteiger partial charge is 0.323 e. The van der Waals surface area contributed by atoms with E-state index in [-0.39, 0.29) is 11.6 Å². The number of nitrogens with zero attached hydrogens (tertiary/aromatic N) is 3. The van der Waals surface area contributed by atoms with E-state index in [2.05, 4.69) is 25.4 Å². The van der Waals surface area contributed by atoms with Gasteiger partial charge in [0, 0.05) is 48.5 Å². The fourth-order valence-electron chi connectivity index (χ4n) is 2.82. The first-order valence-corrected chi connectivity index (χ1v) is 8.23. The lowest BCUT2D eigenvalue weighted by Crippen LogP contribution is -2.07. The summed E-state index contributed by atoms with van der Waals surface area (Å²) in [6, 6.07) is 7.03. The molecule has 134 valence electrons. The van der Waals surface area contributed by atoms with Crippen LogP contribution in [0.3, 0.4) is 0 Å². The summed E-state index contributed by atoms with van der Waals surface area (Å²) in [6.45, 7) is 0. The number of anilines is 1. The number of H-pyrrole nitrogens is 2. The Hall–Kier alpha value is -3.94. The third-order valence-corrected chi connectivity index (χ3v) is 4.07. The monoisotopic (exact) mass is 360 g/mol. The number of rotatable bonds is 4. The van der Waals surface area contributed by atoms with Gasteiger partial charge in [0.25, 0.3) is 0 Å². The Morgan fingerprint density at radius 2 is 2.04 bits per heavy atom. The van der Waals surface area contributed by atoms with Gasteiger partial charge in [-0.2, -0.15) is 5.10 Å². The average Bonchev–Trinajstić information content (AvgIpc) is 3.24. The van der Waals surface area contributed by atoms with Crippen LogP contribution in [-0.4, -0.2) is 30.6 Å². The summed E-state index contributed by atoms with van der Waals surface area (Å²) in [5, 5.41) is 6.96. The molecule has 0 aliphatic heterocycles. The van der Waals surface area contributed by atoms with Crippen molar-refractivity contribution in [2.75, 3.05) is 5.32 Å². The Morgan fingerprint density at radius 1 is 1.19 bits per heavy atom. The van der Waals surface area contributed by atoms with E-state index < -0.39 is 0 Å². The Morgan fingerprint density at radius 3 is 2.85 bits per heavy atom. The van der Waals surface area contributed by atoms with Crippen molar-refractivity contribution in [2.45, 2.75) is 0 Å². The van der Waals surface area contributed by atoms with Gasteiger partial charge in [-0.25, -0.2) is 4.79 Å². The van der Waals surface area contributed by atoms with Gasteiger partial charge in [0.05, 0.1) is 17.2 Å². The molecule has 0 unspecified atom stereocenters. The SMILES string of the molecule is Cn1cc(-c2ccncc2C=CC(=O)Nc2ccc3[nH]c(=O)[nH]c3c2)cn1. The molecule has 0 atom stereocenters. The number of imidazole rings is 1. The number of pyridine rings is 1. The molecule has 4 aromatic rings. The van der Waals surface area contributed by atoms with E-state index in [0.29, 0.717) is 16.7 Å². The first kappa shape index (κ1) is 16.5. The minimum absolute atomic E-state index is 0.284. The van der Waals surface area contributed by atoms with Gasteiger partial charge in [-0.1, -0.05) is 0 Å². The average molecular weight is 360 g/mol. The van der Waals surface area contributed by atoms with E-state index in [1.165, 1.54) is 6.08 Å². The molecule has 0 spiro atoms. The van der Waals surface area contributed by atoms with Gasteiger partial charge in [-0.05, 0) is 35.9 Å². The fraction of sp³-hybridized carbons (Fsp3) is 0.0526. The number of hydrogen-bond donors (Lipinski definition) is 3. The van der Waals surface area contributed by atoms with Crippen LogP contribution in [0.4, 0.5) is 5.69 Å². The second-order valence-electron chi connectivity index (χ2n) is 6.03. The van der Waals surface area contributed by atoms with E-state index >= 15 is 0 Å². The first-order valence-electron chi connectivity index (χ1n) is 8.23. The van der Waals surface area contributed by atoms with E-state index in [4.69, 9.17) is 0 Å². The Kier molecular flexibility index (Phi) is 4.13. The van der Waals surface area contributed by atoms with Crippen LogP contribution in [0.15, 0.2) is 59.9 Å². The molecule has 0 aliphatic rings. The van der Waals surface area contributed by atoms with Crippen LogP contribution < -0.4 is 11.0 Å². The number of benzene rings is 1. The molecule has 3 heterocycles. The molecule has 0 saturated heterocycles. The minimum atomic E-state index is -0.284. The van der Waals surface area contributed by atoms with Crippen molar-refractivity contribution in [3.8, 4) is 11.1 Å². The Bertz CT molecular complexity index is 1210. The Balaban J connectivity index is 1.54. The molecule has 0 saturated carbocycles. The van der Waals surface area contributed by atoms with Crippen molar-refractivity contribution in [3.05, 3.63) is 71.2 Å². The number of amides is 1. The summed E-state index contributed by atoms with van der Waals surface area (Å²) in [6.07, 6.45) is 10.2. The quantitative estimate of drug-likeness (QED) is 0.485. The van der Waals surface area contributed by atoms with Gasteiger partial charge < -0.3 is 15.3 Å². The lowest BCUT2D eigenvalue weighted by molar-refractivity contribution is -0.111. The summed E-state index contributed by atoms with van der Waals surface area (Å²) in [5.41, 5.74) is 4.32. The van der Waals surface area contributed by atoms with Crippen molar-refractivity contribution in [3.63, 3.8) is 0 Å². The van der Waals surface area contributed by atoms with Crippen molar-refractivity contribution < 1.29 is 4.79 Å². The van der Waals surface area contributed by atoms with E-state index in [1.807, 2.05) is 19.3 Å². The van der Waals surface area contributed by atoms with Crippen molar-refractivity contribution >= 4 is 28.7 Å². The van der Waals surface area contributed by atoms with Crippen molar-refractivity contribution in [1.29, 1.82) is 0 Å². The standard InChI is InChI=1S/C19H16N6O2/c1-25-11-13(10-21-25)15-6-7-20-9-12(15)2-5-18(26)22-14-3-4-16-17(8-14)24-19(27)23-16/h2-11H,1H3,(H,22,26)(H2,23,24,27). The summed E-state index contributed by atoms with van der Waals surface area (Å²) in [4.78, 5) is 33.0. The van der Waals surface area contributed by atoms with Crippen LogP contribution in [0.1, 0.15) is 5.56 Å². The molecule has 0 bridgehead atoms. The molecule has 3 aromatic heterocycles. The number of aryl methyl sites for hydroxylation is 1. The lowest BCUT2D eigenvalue weighted by Gasteiger charge is -2.04. The highest BCUT2D eigenvalue weighted by Gasteiger charge is 2.06. The fourth-order valence-corrected chi connectivity index (χ4v) is 2.82. The van der Waals surface area contributed by atoms with E-state index in [1.54, 1.807) is 47.5 Å². The molecule has 8 nitrogen and oxygen atoms in total. The number of carbonyl (C=O) groups excluding carboxylic acids is 1. The van der Waals surface area contributed by atoms with Crippen molar-refractivity contribution in [2.24, 2.45) is 7.05 Å². The molecule has 1 aromatic carbocycles. The van der Waals surface area contributed by atoms with Crippen LogP contribution in [0.5, 0.6) is 0 Å². The van der Waals surface area contributed by atoms with Gasteiger partial charge in [0.15, 0.2) is 0 Å². The smallest absolute Gasteiger partial charge is 0.322 e. The van der Waals surface area contributed by atoms with Crippen LogP contribution in [0.2, 0.25) is 0 Å². The predicted molar refractivity (Wildman–Crippen MR) is 103 cm³/mol. The van der Waals surface area contributed by atoms with Gasteiger partial charge in [-0.3, -0.25) is 14.5 Å². The minimum Gasteiger partial charge on any atom is -0.322 e. The Labute approximate surface area is 153 Å². The predicted octanol–water partition coefficient (Wildman–Crippen LogP) is 2.30. The highest BCUT2D eigenvalue weighted by atomic mass is 16.1. The number of nitrogens with one attached hydrogen (secondary N) is 3. The van der Waals surface area contributed by atoms with Gasteiger partial charge in [0.1, 0.15) is 0 Å². The molecule has 3 N–H and O–H groups in total. The van der Waals surface area contributed by atoms with E-state index in [0.717, 1.165) is 16.7 Å². The molecular weight excluding hydrogens is 344 g/mol. The molecule has 0 aliphatic carbocycles. The van der Waals surface area contributed by atoms with Crippen LogP contribution in [-0.2, 0) is 11.8 Å². The third kappa shape index (κ3) is 3.54. The highest BCUT2D eigenvalue weighted by Crippen LogP contribution is 2.23. The van der Waals surface area contributed by atoms with Gasteiger partial charge in [-0.15, -0.1) is 0 Å². The summed E-state index contributed by atoms with van der Waals surface area (Å²) in [7, 11) is 1.85. The highest BCUT2D eigenvalue weighted by molar-refractivity contribution is 6.03. The van der Waals surface area contributed by atoms with Gasteiger partial charge in [0.2, 0.25) is 5.91 Å². The first-order chi connectivity index (χ1) is 13.1. The zero-order valence-electron chi connectivity index (χ0n) is 14.4. The van der Waals surface area contributed by atoms with E-state index in [9.17, 15) is 9.59 Å². The number of fused-ring (bicyclic) bond motifs is 1. The zero-order valence-corrected chi connectivity index (χ0v) is 14.4. The molecule has 1 amide bonds. The van der Waals surface area contributed by atoms with Crippen LogP contribution in [0, 0.1) is 0 Å². The maximum atomic E-state index is 12.3. The second kappa shape index (κ2) is 6.75. The van der Waals surface area contributed by atoms with Crippen LogP contribution in [0.25, 0.3) is 28.2 Å².